The molecule has 0 radical (unpaired) electrons. The maximum atomic E-state index is 10.6. The van der Waals surface area contributed by atoms with E-state index in [2.05, 4.69) is 0 Å². The van der Waals surface area contributed by atoms with Crippen LogP contribution in [0.25, 0.3) is 0 Å². The zero-order valence-electron chi connectivity index (χ0n) is 10.0. The van der Waals surface area contributed by atoms with Gasteiger partial charge in [-0.3, -0.25) is 4.79 Å². The number of carboxylic acid groups (broad SMARTS) is 1. The third kappa shape index (κ3) is 4.33. The number of carboxylic acids is 1. The largest absolute Gasteiger partial charge is 0.481 e. The van der Waals surface area contributed by atoms with Crippen LogP contribution in [-0.2, 0) is 20.7 Å². The average molecular weight is 268 g/mol. The molecule has 0 spiro atoms. The topological polar surface area (TPSA) is 55.8 Å². The van der Waals surface area contributed by atoms with Crippen molar-refractivity contribution in [2.45, 2.75) is 23.8 Å². The molecule has 5 heteroatoms. The summed E-state index contributed by atoms with van der Waals surface area (Å²) in [5, 5.41) is 8.68. The minimum Gasteiger partial charge on any atom is -0.481 e. The number of benzene rings is 1. The van der Waals surface area contributed by atoms with Crippen molar-refractivity contribution < 1.29 is 19.4 Å². The van der Waals surface area contributed by atoms with Crippen LogP contribution in [0.15, 0.2) is 29.2 Å². The Kier molecular flexibility index (Phi) is 5.04. The highest BCUT2D eigenvalue weighted by Gasteiger charge is 2.14. The number of hydrogen-bond donors (Lipinski definition) is 1. The lowest BCUT2D eigenvalue weighted by atomic mass is 10.2. The van der Waals surface area contributed by atoms with Crippen molar-refractivity contribution in [3.63, 3.8) is 0 Å². The van der Waals surface area contributed by atoms with Crippen LogP contribution in [0.4, 0.5) is 0 Å². The molecule has 1 saturated heterocycles. The van der Waals surface area contributed by atoms with Crippen molar-refractivity contribution in [2.75, 3.05) is 19.2 Å². The summed E-state index contributed by atoms with van der Waals surface area (Å²) >= 11 is 1.73. The van der Waals surface area contributed by atoms with E-state index in [-0.39, 0.29) is 12.5 Å². The standard InChI is InChI=1S/C13H16O4S/c14-13(15)7-10-1-3-12(4-2-10)18-8-11-5-6-16-9-17-11/h1-4,11H,5-9H2,(H,14,15). The summed E-state index contributed by atoms with van der Waals surface area (Å²) in [7, 11) is 0. The first-order valence-electron chi connectivity index (χ1n) is 5.87. The van der Waals surface area contributed by atoms with Gasteiger partial charge >= 0.3 is 5.97 Å². The fraction of sp³-hybridized carbons (Fsp3) is 0.462. The van der Waals surface area contributed by atoms with Gasteiger partial charge in [-0.2, -0.15) is 0 Å². The molecule has 1 aromatic carbocycles. The normalized spacial score (nSPS) is 19.7. The number of carbonyl (C=O) groups is 1. The molecular formula is C13H16O4S. The number of hydrogen-bond acceptors (Lipinski definition) is 4. The van der Waals surface area contributed by atoms with E-state index in [0.717, 1.165) is 29.2 Å². The Bertz CT molecular complexity index is 384. The Hall–Kier alpha value is -1.04. The smallest absolute Gasteiger partial charge is 0.307 e. The molecule has 1 aromatic rings. The minimum atomic E-state index is -0.800. The molecular weight excluding hydrogens is 252 g/mol. The first-order valence-corrected chi connectivity index (χ1v) is 6.85. The zero-order valence-corrected chi connectivity index (χ0v) is 10.8. The maximum absolute atomic E-state index is 10.6. The van der Waals surface area contributed by atoms with E-state index in [0.29, 0.717) is 6.79 Å². The van der Waals surface area contributed by atoms with Crippen LogP contribution in [-0.4, -0.2) is 36.3 Å². The molecule has 1 atom stereocenters. The molecule has 0 aromatic heterocycles. The summed E-state index contributed by atoms with van der Waals surface area (Å²) in [6.07, 6.45) is 1.26. The quantitative estimate of drug-likeness (QED) is 0.829. The number of rotatable bonds is 5. The molecule has 0 bridgehead atoms. The predicted octanol–water partition coefficient (Wildman–Crippen LogP) is 2.17. The Balaban J connectivity index is 1.80. The van der Waals surface area contributed by atoms with E-state index in [1.165, 1.54) is 0 Å². The first-order chi connectivity index (χ1) is 8.74. The molecule has 1 unspecified atom stereocenters. The highest BCUT2D eigenvalue weighted by molar-refractivity contribution is 7.99. The molecule has 0 aliphatic carbocycles. The molecule has 0 amide bonds. The monoisotopic (exact) mass is 268 g/mol. The molecule has 1 aliphatic rings. The van der Waals surface area contributed by atoms with Gasteiger partial charge in [-0.15, -0.1) is 11.8 Å². The van der Waals surface area contributed by atoms with Crippen LogP contribution in [0.1, 0.15) is 12.0 Å². The second-order valence-corrected chi connectivity index (χ2v) is 5.22. The highest BCUT2D eigenvalue weighted by Crippen LogP contribution is 2.22. The van der Waals surface area contributed by atoms with Crippen LogP contribution >= 0.6 is 11.8 Å². The summed E-state index contributed by atoms with van der Waals surface area (Å²) in [6.45, 7) is 1.16. The second kappa shape index (κ2) is 6.78. The summed E-state index contributed by atoms with van der Waals surface area (Å²) in [4.78, 5) is 11.7. The minimum absolute atomic E-state index is 0.0774. The van der Waals surface area contributed by atoms with Crippen molar-refractivity contribution in [2.24, 2.45) is 0 Å². The third-order valence-corrected chi connectivity index (χ3v) is 3.83. The Labute approximate surface area is 110 Å². The van der Waals surface area contributed by atoms with Crippen LogP contribution in [0.2, 0.25) is 0 Å². The summed E-state index contributed by atoms with van der Waals surface area (Å²) in [5.41, 5.74) is 0.828. The van der Waals surface area contributed by atoms with Crippen LogP contribution in [0, 0.1) is 0 Å². The maximum Gasteiger partial charge on any atom is 0.307 e. The second-order valence-electron chi connectivity index (χ2n) is 4.13. The Morgan fingerprint density at radius 2 is 2.17 bits per heavy atom. The van der Waals surface area contributed by atoms with E-state index in [1.54, 1.807) is 11.8 Å². The Morgan fingerprint density at radius 1 is 1.39 bits per heavy atom. The zero-order chi connectivity index (χ0) is 12.8. The number of thioether (sulfide) groups is 1. The molecule has 2 rings (SSSR count). The van der Waals surface area contributed by atoms with E-state index in [1.807, 2.05) is 24.3 Å². The Morgan fingerprint density at radius 3 is 2.78 bits per heavy atom. The predicted molar refractivity (Wildman–Crippen MR) is 68.8 cm³/mol. The van der Waals surface area contributed by atoms with Crippen molar-refractivity contribution >= 4 is 17.7 Å². The van der Waals surface area contributed by atoms with E-state index >= 15 is 0 Å². The van der Waals surface area contributed by atoms with Gasteiger partial charge < -0.3 is 14.6 Å². The molecule has 1 aliphatic heterocycles. The fourth-order valence-electron chi connectivity index (χ4n) is 1.70. The SMILES string of the molecule is O=C(O)Cc1ccc(SCC2CCOCO2)cc1. The van der Waals surface area contributed by atoms with E-state index < -0.39 is 5.97 Å². The highest BCUT2D eigenvalue weighted by atomic mass is 32.2. The molecule has 18 heavy (non-hydrogen) atoms. The fourth-order valence-corrected chi connectivity index (χ4v) is 2.67. The third-order valence-electron chi connectivity index (χ3n) is 2.69. The average Bonchev–Trinajstić information content (AvgIpc) is 2.38. The van der Waals surface area contributed by atoms with Gasteiger partial charge in [0, 0.05) is 10.6 Å². The van der Waals surface area contributed by atoms with Gasteiger partial charge in [0.25, 0.3) is 0 Å². The summed E-state index contributed by atoms with van der Waals surface area (Å²) < 4.78 is 10.6. The lowest BCUT2D eigenvalue weighted by Gasteiger charge is -2.22. The van der Waals surface area contributed by atoms with Gasteiger partial charge in [-0.1, -0.05) is 12.1 Å². The van der Waals surface area contributed by atoms with Crippen LogP contribution < -0.4 is 0 Å². The van der Waals surface area contributed by atoms with E-state index in [4.69, 9.17) is 14.6 Å². The molecule has 4 nitrogen and oxygen atoms in total. The van der Waals surface area contributed by atoms with Crippen LogP contribution in [0.3, 0.4) is 0 Å². The van der Waals surface area contributed by atoms with Crippen molar-refractivity contribution in [1.82, 2.24) is 0 Å². The van der Waals surface area contributed by atoms with Gasteiger partial charge in [0.15, 0.2) is 0 Å². The van der Waals surface area contributed by atoms with Crippen molar-refractivity contribution in [1.29, 1.82) is 0 Å². The lowest BCUT2D eigenvalue weighted by molar-refractivity contribution is -0.136. The molecule has 1 N–H and O–H groups in total. The summed E-state index contributed by atoms with van der Waals surface area (Å²) in [6, 6.07) is 7.65. The van der Waals surface area contributed by atoms with Gasteiger partial charge in [-0.05, 0) is 24.1 Å². The van der Waals surface area contributed by atoms with E-state index in [9.17, 15) is 4.79 Å². The van der Waals surface area contributed by atoms with Gasteiger partial charge in [0.1, 0.15) is 6.79 Å². The van der Waals surface area contributed by atoms with Crippen LogP contribution in [0.5, 0.6) is 0 Å². The lowest BCUT2D eigenvalue weighted by Crippen LogP contribution is -2.25. The molecule has 0 saturated carbocycles. The van der Waals surface area contributed by atoms with Crippen molar-refractivity contribution in [3.8, 4) is 0 Å². The summed E-state index contributed by atoms with van der Waals surface area (Å²) in [5.74, 6) is 0.104. The first kappa shape index (κ1) is 13.4. The molecule has 1 fully saturated rings. The number of ether oxygens (including phenoxy) is 2. The van der Waals surface area contributed by atoms with Gasteiger partial charge in [0.2, 0.25) is 0 Å². The number of aliphatic carboxylic acids is 1. The van der Waals surface area contributed by atoms with Gasteiger partial charge in [0.05, 0.1) is 19.1 Å². The molecule has 98 valence electrons. The van der Waals surface area contributed by atoms with Crippen molar-refractivity contribution in [3.05, 3.63) is 29.8 Å². The molecule has 1 heterocycles. The van der Waals surface area contributed by atoms with Gasteiger partial charge in [-0.25, -0.2) is 0 Å².